The van der Waals surface area contributed by atoms with Gasteiger partial charge in [0.25, 0.3) is 5.91 Å². The first kappa shape index (κ1) is 20.2. The number of piperidine rings is 1. The average Bonchev–Trinajstić information content (AvgIpc) is 2.79. The molecule has 1 N–H and O–H groups in total. The van der Waals surface area contributed by atoms with Crippen molar-refractivity contribution >= 4 is 5.91 Å². The van der Waals surface area contributed by atoms with Gasteiger partial charge in [0.2, 0.25) is 0 Å². The molecule has 4 rings (SSSR count). The Morgan fingerprint density at radius 3 is 2.73 bits per heavy atom. The Morgan fingerprint density at radius 1 is 1.13 bits per heavy atom. The summed E-state index contributed by atoms with van der Waals surface area (Å²) in [6, 6.07) is 15.9. The molecule has 2 aromatic heterocycles. The Kier molecular flexibility index (Phi) is 6.44. The number of hydrogen-bond donors (Lipinski definition) is 1. The molecule has 154 valence electrons. The standard InChI is InChI=1S/C24H27N5O/c1-18-22(24(30)27-14-19-8-3-2-4-9-19)15-26-23(28-18)20-10-7-13-29(16-20)17-21-11-5-6-12-25-21/h2-6,8-9,11-12,15,20H,7,10,13-14,16-17H2,1H3,(H,27,30)/t20-/m0/s1. The van der Waals surface area contributed by atoms with Gasteiger partial charge in [0, 0.05) is 37.9 Å². The van der Waals surface area contributed by atoms with E-state index in [1.165, 1.54) is 0 Å². The monoisotopic (exact) mass is 401 g/mol. The van der Waals surface area contributed by atoms with Gasteiger partial charge < -0.3 is 5.32 Å². The van der Waals surface area contributed by atoms with Crippen LogP contribution in [0, 0.1) is 6.92 Å². The van der Waals surface area contributed by atoms with Crippen LogP contribution in [0.4, 0.5) is 0 Å². The Balaban J connectivity index is 1.39. The van der Waals surface area contributed by atoms with Gasteiger partial charge in [-0.1, -0.05) is 36.4 Å². The third kappa shape index (κ3) is 5.07. The van der Waals surface area contributed by atoms with E-state index in [1.54, 1.807) is 6.20 Å². The number of nitrogens with zero attached hydrogens (tertiary/aromatic N) is 4. The first-order valence-electron chi connectivity index (χ1n) is 10.5. The van der Waals surface area contributed by atoms with E-state index in [4.69, 9.17) is 4.98 Å². The number of hydrogen-bond acceptors (Lipinski definition) is 5. The zero-order valence-electron chi connectivity index (χ0n) is 17.3. The number of nitrogens with one attached hydrogen (secondary N) is 1. The summed E-state index contributed by atoms with van der Waals surface area (Å²) in [6.45, 7) is 5.20. The highest BCUT2D eigenvalue weighted by molar-refractivity contribution is 5.94. The lowest BCUT2D eigenvalue weighted by molar-refractivity contribution is 0.0949. The molecule has 1 atom stereocenters. The molecule has 1 aromatic carbocycles. The first-order valence-corrected chi connectivity index (χ1v) is 10.5. The molecule has 0 unspecified atom stereocenters. The van der Waals surface area contributed by atoms with E-state index in [0.717, 1.165) is 55.3 Å². The number of carbonyl (C=O) groups is 1. The molecule has 0 spiro atoms. The van der Waals surface area contributed by atoms with Crippen molar-refractivity contribution in [3.63, 3.8) is 0 Å². The number of likely N-dealkylation sites (tertiary alicyclic amines) is 1. The van der Waals surface area contributed by atoms with Gasteiger partial charge in [-0.05, 0) is 44.0 Å². The summed E-state index contributed by atoms with van der Waals surface area (Å²) in [5.41, 5.74) is 3.42. The number of aryl methyl sites for hydroxylation is 1. The Hall–Kier alpha value is -3.12. The molecular weight excluding hydrogens is 374 g/mol. The van der Waals surface area contributed by atoms with Crippen LogP contribution in [0.25, 0.3) is 0 Å². The molecule has 1 aliphatic rings. The zero-order chi connectivity index (χ0) is 20.8. The second-order valence-corrected chi connectivity index (χ2v) is 7.79. The van der Waals surface area contributed by atoms with Crippen molar-refractivity contribution in [2.75, 3.05) is 13.1 Å². The molecule has 0 radical (unpaired) electrons. The van der Waals surface area contributed by atoms with E-state index in [9.17, 15) is 4.79 Å². The molecule has 6 nitrogen and oxygen atoms in total. The Bertz CT molecular complexity index is 977. The summed E-state index contributed by atoms with van der Waals surface area (Å²) in [4.78, 5) is 28.7. The molecule has 0 saturated carbocycles. The van der Waals surface area contributed by atoms with Crippen LogP contribution in [0.3, 0.4) is 0 Å². The fourth-order valence-electron chi connectivity index (χ4n) is 3.91. The minimum Gasteiger partial charge on any atom is -0.348 e. The molecule has 1 amide bonds. The van der Waals surface area contributed by atoms with Crippen molar-refractivity contribution in [1.29, 1.82) is 0 Å². The van der Waals surface area contributed by atoms with Gasteiger partial charge in [-0.25, -0.2) is 9.97 Å². The molecule has 6 heteroatoms. The SMILES string of the molecule is Cc1nc([C@H]2CCCN(Cc3ccccn3)C2)ncc1C(=O)NCc1ccccc1. The van der Waals surface area contributed by atoms with Crippen molar-refractivity contribution in [3.8, 4) is 0 Å². The normalized spacial score (nSPS) is 16.9. The second kappa shape index (κ2) is 9.59. The fourth-order valence-corrected chi connectivity index (χ4v) is 3.91. The number of carbonyl (C=O) groups excluding carboxylic acids is 1. The van der Waals surface area contributed by atoms with Gasteiger partial charge in [-0.2, -0.15) is 0 Å². The van der Waals surface area contributed by atoms with Gasteiger partial charge in [0.15, 0.2) is 0 Å². The molecular formula is C24H27N5O. The van der Waals surface area contributed by atoms with Crippen LogP contribution in [0.2, 0.25) is 0 Å². The van der Waals surface area contributed by atoms with Crippen LogP contribution < -0.4 is 5.32 Å². The predicted octanol–water partition coefficient (Wildman–Crippen LogP) is 3.49. The highest BCUT2D eigenvalue weighted by Gasteiger charge is 2.24. The van der Waals surface area contributed by atoms with Crippen LogP contribution in [-0.4, -0.2) is 38.8 Å². The number of benzene rings is 1. The van der Waals surface area contributed by atoms with E-state index in [-0.39, 0.29) is 11.8 Å². The Labute approximate surface area is 177 Å². The quantitative estimate of drug-likeness (QED) is 0.685. The second-order valence-electron chi connectivity index (χ2n) is 7.79. The summed E-state index contributed by atoms with van der Waals surface area (Å²) in [6.07, 6.45) is 5.69. The Morgan fingerprint density at radius 2 is 1.97 bits per heavy atom. The number of rotatable bonds is 6. The highest BCUT2D eigenvalue weighted by Crippen LogP contribution is 2.25. The summed E-state index contributed by atoms with van der Waals surface area (Å²) in [5, 5.41) is 2.96. The van der Waals surface area contributed by atoms with E-state index >= 15 is 0 Å². The van der Waals surface area contributed by atoms with Crippen LogP contribution in [0.5, 0.6) is 0 Å². The van der Waals surface area contributed by atoms with Crippen molar-refractivity contribution in [2.24, 2.45) is 0 Å². The topological polar surface area (TPSA) is 71.0 Å². The van der Waals surface area contributed by atoms with Gasteiger partial charge in [0.05, 0.1) is 17.0 Å². The van der Waals surface area contributed by atoms with Gasteiger partial charge in [-0.3, -0.25) is 14.7 Å². The molecule has 1 aliphatic heterocycles. The lowest BCUT2D eigenvalue weighted by Gasteiger charge is -2.31. The number of amides is 1. The smallest absolute Gasteiger partial charge is 0.254 e. The van der Waals surface area contributed by atoms with Crippen LogP contribution >= 0.6 is 0 Å². The third-order valence-corrected chi connectivity index (χ3v) is 5.52. The third-order valence-electron chi connectivity index (χ3n) is 5.52. The first-order chi connectivity index (χ1) is 14.7. The molecule has 3 aromatic rings. The maximum absolute atomic E-state index is 12.6. The number of pyridine rings is 1. The maximum atomic E-state index is 12.6. The van der Waals surface area contributed by atoms with Gasteiger partial charge in [0.1, 0.15) is 5.82 Å². The van der Waals surface area contributed by atoms with E-state index in [2.05, 4.69) is 26.3 Å². The minimum atomic E-state index is -0.136. The maximum Gasteiger partial charge on any atom is 0.254 e. The zero-order valence-corrected chi connectivity index (χ0v) is 17.3. The van der Waals surface area contributed by atoms with E-state index in [0.29, 0.717) is 12.1 Å². The van der Waals surface area contributed by atoms with Crippen molar-refractivity contribution in [3.05, 3.63) is 89.3 Å². The lowest BCUT2D eigenvalue weighted by atomic mass is 9.96. The minimum absolute atomic E-state index is 0.136. The van der Waals surface area contributed by atoms with Gasteiger partial charge >= 0.3 is 0 Å². The molecule has 3 heterocycles. The van der Waals surface area contributed by atoms with Crippen LogP contribution in [-0.2, 0) is 13.1 Å². The van der Waals surface area contributed by atoms with E-state index < -0.39 is 0 Å². The number of aromatic nitrogens is 3. The lowest BCUT2D eigenvalue weighted by Crippen LogP contribution is -2.35. The summed E-state index contributed by atoms with van der Waals surface area (Å²) in [5.74, 6) is 0.976. The van der Waals surface area contributed by atoms with Gasteiger partial charge in [-0.15, -0.1) is 0 Å². The molecule has 30 heavy (non-hydrogen) atoms. The highest BCUT2D eigenvalue weighted by atomic mass is 16.1. The summed E-state index contributed by atoms with van der Waals surface area (Å²) in [7, 11) is 0. The molecule has 0 bridgehead atoms. The molecule has 1 fully saturated rings. The van der Waals surface area contributed by atoms with Crippen LogP contribution in [0.1, 0.15) is 51.9 Å². The fraction of sp³-hybridized carbons (Fsp3) is 0.333. The molecule has 0 aliphatic carbocycles. The average molecular weight is 402 g/mol. The summed E-state index contributed by atoms with van der Waals surface area (Å²) >= 11 is 0. The van der Waals surface area contributed by atoms with Crippen molar-refractivity contribution in [1.82, 2.24) is 25.2 Å². The molecule has 1 saturated heterocycles. The van der Waals surface area contributed by atoms with E-state index in [1.807, 2.05) is 55.6 Å². The predicted molar refractivity (Wildman–Crippen MR) is 116 cm³/mol. The van der Waals surface area contributed by atoms with Crippen molar-refractivity contribution < 1.29 is 4.79 Å². The van der Waals surface area contributed by atoms with Crippen molar-refractivity contribution in [2.45, 2.75) is 38.8 Å². The summed E-state index contributed by atoms with van der Waals surface area (Å²) < 4.78 is 0. The van der Waals surface area contributed by atoms with Crippen LogP contribution in [0.15, 0.2) is 60.9 Å². The largest absolute Gasteiger partial charge is 0.348 e.